The molecule has 2 heterocycles. The molecular formula is C22H28BrNO. The average Bonchev–Trinajstić information content (AvgIpc) is 2.90. The second kappa shape index (κ2) is 8.48. The molecule has 2 aromatic rings. The van der Waals surface area contributed by atoms with Gasteiger partial charge >= 0.3 is 0 Å². The molecule has 0 aromatic heterocycles. The molecule has 2 aliphatic heterocycles. The summed E-state index contributed by atoms with van der Waals surface area (Å²) in [5.74, 6) is 0. The van der Waals surface area contributed by atoms with Gasteiger partial charge in [0.1, 0.15) is 6.10 Å². The van der Waals surface area contributed by atoms with Crippen LogP contribution in [0.25, 0.3) is 0 Å². The molecular weight excluding hydrogens is 374 g/mol. The molecule has 2 aromatic carbocycles. The standard InChI is InChI=1S/C22H27NO.BrH/c1-2-23-19-13-14-20(23)16-21(15-19)24-22(17-9-5-3-6-10-17)18-11-7-4-8-12-18;/h3-12,19-22H,2,13-16H2,1H3;1H/t19-,20+,21?;. The Morgan fingerprint density at radius 2 is 1.36 bits per heavy atom. The number of halogens is 1. The maximum absolute atomic E-state index is 6.71. The molecule has 0 amide bonds. The van der Waals surface area contributed by atoms with Crippen molar-refractivity contribution in [3.05, 3.63) is 71.8 Å². The zero-order chi connectivity index (χ0) is 16.4. The van der Waals surface area contributed by atoms with E-state index in [1.807, 2.05) is 0 Å². The molecule has 25 heavy (non-hydrogen) atoms. The highest BCUT2D eigenvalue weighted by molar-refractivity contribution is 8.93. The first-order valence-electron chi connectivity index (χ1n) is 9.36. The van der Waals surface area contributed by atoms with E-state index in [4.69, 9.17) is 4.74 Å². The first kappa shape index (κ1) is 18.6. The third kappa shape index (κ3) is 3.99. The zero-order valence-electron chi connectivity index (χ0n) is 14.9. The van der Waals surface area contributed by atoms with E-state index in [9.17, 15) is 0 Å². The van der Waals surface area contributed by atoms with Gasteiger partial charge in [-0.25, -0.2) is 0 Å². The van der Waals surface area contributed by atoms with Gasteiger partial charge in [-0.15, -0.1) is 17.0 Å². The van der Waals surface area contributed by atoms with Crippen LogP contribution in [0.15, 0.2) is 60.7 Å². The third-order valence-electron chi connectivity index (χ3n) is 5.74. The Labute approximate surface area is 162 Å². The van der Waals surface area contributed by atoms with Crippen LogP contribution in [0.3, 0.4) is 0 Å². The summed E-state index contributed by atoms with van der Waals surface area (Å²) in [6, 6.07) is 22.8. The fraction of sp³-hybridized carbons (Fsp3) is 0.455. The van der Waals surface area contributed by atoms with Crippen LogP contribution in [-0.4, -0.2) is 29.6 Å². The third-order valence-corrected chi connectivity index (χ3v) is 5.74. The predicted octanol–water partition coefficient (Wildman–Crippen LogP) is 5.39. The maximum Gasteiger partial charge on any atom is 0.108 e. The lowest BCUT2D eigenvalue weighted by molar-refractivity contribution is -0.0470. The minimum atomic E-state index is 0. The van der Waals surface area contributed by atoms with Gasteiger partial charge in [-0.2, -0.15) is 0 Å². The van der Waals surface area contributed by atoms with Crippen molar-refractivity contribution in [1.29, 1.82) is 0 Å². The van der Waals surface area contributed by atoms with Gasteiger partial charge in [-0.05, 0) is 43.4 Å². The highest BCUT2D eigenvalue weighted by Gasteiger charge is 2.40. The Kier molecular flexibility index (Phi) is 6.32. The van der Waals surface area contributed by atoms with Crippen molar-refractivity contribution >= 4 is 17.0 Å². The molecule has 1 unspecified atom stereocenters. The number of benzene rings is 2. The molecule has 2 bridgehead atoms. The monoisotopic (exact) mass is 401 g/mol. The SMILES string of the molecule is Br.CCN1[C@@H]2CC[C@H]1CC(OC(c1ccccc1)c1ccccc1)C2. The topological polar surface area (TPSA) is 12.5 Å². The Morgan fingerprint density at radius 1 is 0.880 bits per heavy atom. The number of hydrogen-bond acceptors (Lipinski definition) is 2. The van der Waals surface area contributed by atoms with Crippen molar-refractivity contribution in [3.8, 4) is 0 Å². The molecule has 0 N–H and O–H groups in total. The number of hydrogen-bond donors (Lipinski definition) is 0. The molecule has 2 saturated heterocycles. The lowest BCUT2D eigenvalue weighted by atomic mass is 9.97. The van der Waals surface area contributed by atoms with Crippen molar-refractivity contribution in [2.24, 2.45) is 0 Å². The molecule has 134 valence electrons. The fourth-order valence-corrected chi connectivity index (χ4v) is 4.65. The van der Waals surface area contributed by atoms with E-state index in [1.54, 1.807) is 0 Å². The fourth-order valence-electron chi connectivity index (χ4n) is 4.65. The summed E-state index contributed by atoms with van der Waals surface area (Å²) < 4.78 is 6.71. The van der Waals surface area contributed by atoms with Crippen LogP contribution in [-0.2, 0) is 4.74 Å². The number of nitrogens with zero attached hydrogens (tertiary/aromatic N) is 1. The van der Waals surface area contributed by atoms with Gasteiger partial charge in [-0.3, -0.25) is 4.90 Å². The van der Waals surface area contributed by atoms with E-state index in [0.29, 0.717) is 6.10 Å². The number of fused-ring (bicyclic) bond motifs is 2. The molecule has 0 radical (unpaired) electrons. The summed E-state index contributed by atoms with van der Waals surface area (Å²) in [6.07, 6.45) is 5.47. The summed E-state index contributed by atoms with van der Waals surface area (Å²) in [6.45, 7) is 3.48. The molecule has 0 aliphatic carbocycles. The molecule has 2 nitrogen and oxygen atoms in total. The van der Waals surface area contributed by atoms with Gasteiger partial charge in [0.2, 0.25) is 0 Å². The molecule has 3 heteroatoms. The molecule has 0 saturated carbocycles. The first-order valence-corrected chi connectivity index (χ1v) is 9.36. The van der Waals surface area contributed by atoms with E-state index in [-0.39, 0.29) is 23.1 Å². The lowest BCUT2D eigenvalue weighted by Gasteiger charge is -2.39. The zero-order valence-corrected chi connectivity index (χ0v) is 16.6. The Morgan fingerprint density at radius 3 is 1.80 bits per heavy atom. The second-order valence-corrected chi connectivity index (χ2v) is 7.15. The van der Waals surface area contributed by atoms with Crippen LogP contribution < -0.4 is 0 Å². The predicted molar refractivity (Wildman–Crippen MR) is 108 cm³/mol. The van der Waals surface area contributed by atoms with E-state index >= 15 is 0 Å². The van der Waals surface area contributed by atoms with Gasteiger partial charge in [0.15, 0.2) is 0 Å². The van der Waals surface area contributed by atoms with Gasteiger partial charge in [-0.1, -0.05) is 67.6 Å². The van der Waals surface area contributed by atoms with Crippen LogP contribution >= 0.6 is 17.0 Å². The van der Waals surface area contributed by atoms with Crippen LogP contribution in [0, 0.1) is 0 Å². The van der Waals surface area contributed by atoms with Gasteiger partial charge in [0, 0.05) is 12.1 Å². The van der Waals surface area contributed by atoms with Crippen molar-refractivity contribution in [1.82, 2.24) is 4.90 Å². The minimum absolute atomic E-state index is 0. The van der Waals surface area contributed by atoms with Crippen molar-refractivity contribution < 1.29 is 4.74 Å². The van der Waals surface area contributed by atoms with Crippen molar-refractivity contribution in [2.75, 3.05) is 6.54 Å². The van der Waals surface area contributed by atoms with Gasteiger partial charge in [0.25, 0.3) is 0 Å². The number of rotatable bonds is 5. The number of ether oxygens (including phenoxy) is 1. The largest absolute Gasteiger partial charge is 0.365 e. The normalized spacial score (nSPS) is 25.8. The van der Waals surface area contributed by atoms with Gasteiger partial charge in [0.05, 0.1) is 6.10 Å². The molecule has 2 aliphatic rings. The minimum Gasteiger partial charge on any atom is -0.365 e. The Bertz CT molecular complexity index is 594. The van der Waals surface area contributed by atoms with Crippen LogP contribution in [0.2, 0.25) is 0 Å². The smallest absolute Gasteiger partial charge is 0.108 e. The summed E-state index contributed by atoms with van der Waals surface area (Å²) in [4.78, 5) is 2.69. The molecule has 4 rings (SSSR count). The van der Waals surface area contributed by atoms with E-state index in [2.05, 4.69) is 72.5 Å². The van der Waals surface area contributed by atoms with Crippen LogP contribution in [0.5, 0.6) is 0 Å². The van der Waals surface area contributed by atoms with Crippen LogP contribution in [0.1, 0.15) is 49.8 Å². The summed E-state index contributed by atoms with van der Waals surface area (Å²) >= 11 is 0. The summed E-state index contributed by atoms with van der Waals surface area (Å²) in [5.41, 5.74) is 2.52. The highest BCUT2D eigenvalue weighted by Crippen LogP contribution is 2.39. The maximum atomic E-state index is 6.71. The second-order valence-electron chi connectivity index (χ2n) is 7.15. The van der Waals surface area contributed by atoms with Crippen molar-refractivity contribution in [3.63, 3.8) is 0 Å². The summed E-state index contributed by atoms with van der Waals surface area (Å²) in [7, 11) is 0. The Hall–Kier alpha value is -1.16. The lowest BCUT2D eigenvalue weighted by Crippen LogP contribution is -2.45. The number of piperidine rings is 1. The molecule has 3 atom stereocenters. The average molecular weight is 402 g/mol. The Balaban J connectivity index is 0.00000182. The summed E-state index contributed by atoms with van der Waals surface area (Å²) in [5, 5.41) is 0. The van der Waals surface area contributed by atoms with Gasteiger partial charge < -0.3 is 4.74 Å². The van der Waals surface area contributed by atoms with E-state index in [1.165, 1.54) is 43.4 Å². The quantitative estimate of drug-likeness (QED) is 0.665. The first-order chi connectivity index (χ1) is 11.8. The van der Waals surface area contributed by atoms with E-state index < -0.39 is 0 Å². The van der Waals surface area contributed by atoms with Crippen LogP contribution in [0.4, 0.5) is 0 Å². The van der Waals surface area contributed by atoms with E-state index in [0.717, 1.165) is 12.1 Å². The van der Waals surface area contributed by atoms with Crippen molar-refractivity contribution in [2.45, 2.75) is 56.9 Å². The molecule has 2 fully saturated rings. The highest BCUT2D eigenvalue weighted by atomic mass is 79.9. The molecule has 0 spiro atoms.